The molecule has 0 amide bonds. The van der Waals surface area contributed by atoms with Crippen LogP contribution in [-0.2, 0) is 9.47 Å². The number of hydrogen-bond donors (Lipinski definition) is 0. The molecule has 0 fully saturated rings. The third kappa shape index (κ3) is 5.50. The van der Waals surface area contributed by atoms with Crippen LogP contribution >= 0.6 is 11.6 Å². The van der Waals surface area contributed by atoms with Crippen molar-refractivity contribution >= 4 is 29.1 Å². The van der Waals surface area contributed by atoms with Gasteiger partial charge in [0.15, 0.2) is 0 Å². The number of ether oxygens (including phenoxy) is 2. The number of esters is 2. The van der Waals surface area contributed by atoms with E-state index in [1.54, 1.807) is 32.1 Å². The Hall–Kier alpha value is -3.89. The lowest BCUT2D eigenvalue weighted by molar-refractivity contribution is 0.0512. The van der Waals surface area contributed by atoms with E-state index in [0.717, 1.165) is 22.3 Å². The number of benzene rings is 3. The lowest BCUT2D eigenvalue weighted by atomic mass is 9.87. The van der Waals surface area contributed by atoms with Crippen LogP contribution in [0.1, 0.15) is 46.5 Å². The Morgan fingerprint density at radius 3 is 1.97 bits per heavy atom. The highest BCUT2D eigenvalue weighted by Crippen LogP contribution is 2.38. The first kappa shape index (κ1) is 25.2. The monoisotopic (exact) mass is 498 g/mol. The van der Waals surface area contributed by atoms with E-state index in [2.05, 4.69) is 0 Å². The van der Waals surface area contributed by atoms with Gasteiger partial charge in [-0.15, -0.1) is 0 Å². The van der Waals surface area contributed by atoms with Crippen LogP contribution in [0.15, 0.2) is 96.1 Å². The minimum Gasteiger partial charge on any atom is -0.462 e. The van der Waals surface area contributed by atoms with Crippen molar-refractivity contribution in [2.45, 2.75) is 20.3 Å². The van der Waals surface area contributed by atoms with Gasteiger partial charge in [-0.25, -0.2) is 9.59 Å². The average molecular weight is 499 g/mol. The zero-order valence-electron chi connectivity index (χ0n) is 20.3. The summed E-state index contributed by atoms with van der Waals surface area (Å²) >= 11 is 6.21. The fourth-order valence-corrected chi connectivity index (χ4v) is 4.36. The summed E-state index contributed by atoms with van der Waals surface area (Å²) in [5, 5.41) is 0.609. The molecule has 5 heteroatoms. The maximum absolute atomic E-state index is 13.2. The Morgan fingerprint density at radius 2 is 1.31 bits per heavy atom. The molecule has 1 aliphatic carbocycles. The van der Waals surface area contributed by atoms with Crippen LogP contribution in [0.2, 0.25) is 0 Å². The first-order chi connectivity index (χ1) is 17.5. The van der Waals surface area contributed by atoms with Crippen molar-refractivity contribution < 1.29 is 19.1 Å². The van der Waals surface area contributed by atoms with E-state index in [9.17, 15) is 9.59 Å². The molecule has 3 aromatic carbocycles. The predicted octanol–water partition coefficient (Wildman–Crippen LogP) is 7.84. The number of hydrogen-bond acceptors (Lipinski definition) is 4. The van der Waals surface area contributed by atoms with Gasteiger partial charge in [-0.3, -0.25) is 0 Å². The van der Waals surface area contributed by atoms with Gasteiger partial charge in [-0.1, -0.05) is 84.4 Å². The molecular weight excluding hydrogens is 472 g/mol. The summed E-state index contributed by atoms with van der Waals surface area (Å²) < 4.78 is 10.9. The van der Waals surface area contributed by atoms with Crippen molar-refractivity contribution in [1.29, 1.82) is 0 Å². The normalized spacial score (nSPS) is 12.9. The molecule has 4 rings (SSSR count). The van der Waals surface area contributed by atoms with Crippen LogP contribution in [0.5, 0.6) is 0 Å². The van der Waals surface area contributed by atoms with Crippen LogP contribution in [0, 0.1) is 0 Å². The number of allylic oxidation sites excluding steroid dienone is 6. The molecule has 0 radical (unpaired) electrons. The molecule has 0 saturated carbocycles. The minimum absolute atomic E-state index is 0.232. The quantitative estimate of drug-likeness (QED) is 0.311. The Bertz CT molecular complexity index is 1370. The molecule has 182 valence electrons. The average Bonchev–Trinajstić information content (AvgIpc) is 3.13. The van der Waals surface area contributed by atoms with Gasteiger partial charge < -0.3 is 9.47 Å². The Labute approximate surface area is 216 Å². The molecule has 1 aliphatic rings. The van der Waals surface area contributed by atoms with Gasteiger partial charge >= 0.3 is 11.9 Å². The number of rotatable bonds is 7. The van der Waals surface area contributed by atoms with Gasteiger partial charge in [0.1, 0.15) is 0 Å². The zero-order chi connectivity index (χ0) is 25.5. The summed E-state index contributed by atoms with van der Waals surface area (Å²) in [7, 11) is 0. The number of carbonyl (C=O) groups excluding carboxylic acids is 2. The molecule has 0 atom stereocenters. The molecule has 0 bridgehead atoms. The van der Waals surface area contributed by atoms with Crippen LogP contribution in [0.3, 0.4) is 0 Å². The molecule has 0 saturated heterocycles. The predicted molar refractivity (Wildman–Crippen MR) is 145 cm³/mol. The van der Waals surface area contributed by atoms with Gasteiger partial charge in [-0.2, -0.15) is 0 Å². The molecule has 0 heterocycles. The molecular formula is C31H27ClO4. The lowest BCUT2D eigenvalue weighted by Crippen LogP contribution is -2.13. The maximum Gasteiger partial charge on any atom is 0.338 e. The highest BCUT2D eigenvalue weighted by Gasteiger charge is 2.24. The van der Waals surface area contributed by atoms with Gasteiger partial charge in [0.25, 0.3) is 0 Å². The third-order valence-electron chi connectivity index (χ3n) is 5.83. The standard InChI is InChI=1S/C31H27ClO4/c1-3-35-30(33)28-20-27(25-16-9-8-15-24(25)21-11-6-5-7-12-21)29(31(34)36-4-2)19-26(28)22-13-10-14-23(32)18-17-22/h5-9,11-20H,3-4,10H2,1-2H3. The largest absolute Gasteiger partial charge is 0.462 e. The topological polar surface area (TPSA) is 52.6 Å². The molecule has 3 aromatic rings. The van der Waals surface area contributed by atoms with Crippen LogP contribution in [0.4, 0.5) is 0 Å². The summed E-state index contributed by atoms with van der Waals surface area (Å²) in [4.78, 5) is 26.4. The lowest BCUT2D eigenvalue weighted by Gasteiger charge is -2.18. The summed E-state index contributed by atoms with van der Waals surface area (Å²) in [6.45, 7) is 4.00. The Kier molecular flexibility index (Phi) is 8.19. The molecule has 36 heavy (non-hydrogen) atoms. The number of carbonyl (C=O) groups is 2. The van der Waals surface area contributed by atoms with Crippen molar-refractivity contribution in [3.63, 3.8) is 0 Å². The molecule has 0 aromatic heterocycles. The SMILES string of the molecule is CCOC(=O)c1cc(-c2ccccc2-c2ccccc2)c(C(=O)OCC)cc1C1=CCC=C(Cl)C=C1. The van der Waals surface area contributed by atoms with Crippen molar-refractivity contribution in [1.82, 2.24) is 0 Å². The van der Waals surface area contributed by atoms with Crippen LogP contribution in [-0.4, -0.2) is 25.2 Å². The van der Waals surface area contributed by atoms with E-state index >= 15 is 0 Å². The van der Waals surface area contributed by atoms with Gasteiger partial charge in [-0.05, 0) is 71.9 Å². The van der Waals surface area contributed by atoms with Gasteiger partial charge in [0.05, 0.1) is 24.3 Å². The minimum atomic E-state index is -0.459. The summed E-state index contributed by atoms with van der Waals surface area (Å²) in [6.07, 6.45) is 8.06. The third-order valence-corrected chi connectivity index (χ3v) is 6.11. The van der Waals surface area contributed by atoms with Crippen molar-refractivity contribution in [2.24, 2.45) is 0 Å². The second-order valence-electron chi connectivity index (χ2n) is 8.11. The summed E-state index contributed by atoms with van der Waals surface area (Å²) in [6, 6.07) is 21.2. The second kappa shape index (κ2) is 11.7. The first-order valence-corrected chi connectivity index (χ1v) is 12.3. The van der Waals surface area contributed by atoms with Crippen molar-refractivity contribution in [2.75, 3.05) is 13.2 Å². The molecule has 0 aliphatic heterocycles. The molecule has 4 nitrogen and oxygen atoms in total. The van der Waals surface area contributed by atoms with E-state index in [4.69, 9.17) is 21.1 Å². The summed E-state index contributed by atoms with van der Waals surface area (Å²) in [5.74, 6) is -0.916. The van der Waals surface area contributed by atoms with Crippen LogP contribution in [0.25, 0.3) is 27.8 Å². The van der Waals surface area contributed by atoms with Gasteiger partial charge in [0.2, 0.25) is 0 Å². The van der Waals surface area contributed by atoms with Crippen molar-refractivity contribution in [3.8, 4) is 22.3 Å². The summed E-state index contributed by atoms with van der Waals surface area (Å²) in [5.41, 5.74) is 5.48. The second-order valence-corrected chi connectivity index (χ2v) is 8.55. The fourth-order valence-electron chi connectivity index (χ4n) is 4.21. The van der Waals surface area contributed by atoms with E-state index in [-0.39, 0.29) is 13.2 Å². The van der Waals surface area contributed by atoms with E-state index in [1.165, 1.54) is 0 Å². The van der Waals surface area contributed by atoms with E-state index in [1.807, 2.05) is 72.8 Å². The molecule has 0 unspecified atom stereocenters. The first-order valence-electron chi connectivity index (χ1n) is 11.9. The number of halogens is 1. The van der Waals surface area contributed by atoms with E-state index < -0.39 is 11.9 Å². The Balaban J connectivity index is 2.00. The fraction of sp³-hybridized carbons (Fsp3) is 0.161. The molecule has 0 spiro atoms. The maximum atomic E-state index is 13.2. The smallest absolute Gasteiger partial charge is 0.338 e. The van der Waals surface area contributed by atoms with Crippen LogP contribution < -0.4 is 0 Å². The highest BCUT2D eigenvalue weighted by atomic mass is 35.5. The van der Waals surface area contributed by atoms with Gasteiger partial charge in [0, 0.05) is 5.03 Å². The highest BCUT2D eigenvalue weighted by molar-refractivity contribution is 6.31. The Morgan fingerprint density at radius 1 is 0.722 bits per heavy atom. The molecule has 0 N–H and O–H groups in total. The van der Waals surface area contributed by atoms with Crippen molar-refractivity contribution in [3.05, 3.63) is 113 Å². The zero-order valence-corrected chi connectivity index (χ0v) is 21.0. The van der Waals surface area contributed by atoms with E-state index in [0.29, 0.717) is 33.7 Å².